The normalized spacial score (nSPS) is 19.8. The van der Waals surface area contributed by atoms with Crippen molar-refractivity contribution in [3.8, 4) is 5.75 Å². The van der Waals surface area contributed by atoms with Gasteiger partial charge in [0, 0.05) is 24.3 Å². The molecule has 0 saturated carbocycles. The van der Waals surface area contributed by atoms with Crippen molar-refractivity contribution in [2.45, 2.75) is 31.5 Å². The van der Waals surface area contributed by atoms with E-state index in [1.807, 2.05) is 30.3 Å². The number of ether oxygens (including phenoxy) is 2. The molecule has 3 aromatic carbocycles. The topological polar surface area (TPSA) is 76.1 Å². The van der Waals surface area contributed by atoms with E-state index in [0.717, 1.165) is 11.6 Å². The van der Waals surface area contributed by atoms with Crippen molar-refractivity contribution in [2.75, 3.05) is 13.2 Å². The molecule has 2 aliphatic heterocycles. The largest absolute Gasteiger partial charge is 0.507 e. The molecule has 0 aromatic heterocycles. The second-order valence-electron chi connectivity index (χ2n) is 9.02. The Balaban J connectivity index is 1.61. The lowest BCUT2D eigenvalue weighted by Crippen LogP contribution is -2.42. The number of carbonyl (C=O) groups excluding carboxylic acids is 2. The van der Waals surface area contributed by atoms with E-state index < -0.39 is 29.3 Å². The van der Waals surface area contributed by atoms with Gasteiger partial charge in [-0.05, 0) is 54.3 Å². The van der Waals surface area contributed by atoms with E-state index in [0.29, 0.717) is 36.6 Å². The van der Waals surface area contributed by atoms with E-state index in [2.05, 4.69) is 0 Å². The van der Waals surface area contributed by atoms with Crippen LogP contribution in [0.4, 0.5) is 4.39 Å². The third-order valence-corrected chi connectivity index (χ3v) is 6.94. The summed E-state index contributed by atoms with van der Waals surface area (Å²) in [6.07, 6.45) is 1.12. The number of hydrogen-bond donors (Lipinski definition) is 1. The first-order chi connectivity index (χ1) is 17.9. The van der Waals surface area contributed by atoms with Crippen molar-refractivity contribution < 1.29 is 28.6 Å². The zero-order valence-electron chi connectivity index (χ0n) is 19.9. The van der Waals surface area contributed by atoms with Gasteiger partial charge in [0.15, 0.2) is 0 Å². The summed E-state index contributed by atoms with van der Waals surface area (Å²) in [5.74, 6) is -2.46. The molecule has 190 valence electrons. The van der Waals surface area contributed by atoms with Crippen LogP contribution in [0.2, 0.25) is 5.02 Å². The van der Waals surface area contributed by atoms with Crippen molar-refractivity contribution in [1.29, 1.82) is 0 Å². The molecule has 6 nitrogen and oxygen atoms in total. The average molecular weight is 522 g/mol. The zero-order chi connectivity index (χ0) is 25.9. The van der Waals surface area contributed by atoms with Crippen LogP contribution in [-0.4, -0.2) is 41.0 Å². The summed E-state index contributed by atoms with van der Waals surface area (Å²) in [7, 11) is 0. The molecule has 2 saturated heterocycles. The molecule has 2 fully saturated rings. The van der Waals surface area contributed by atoms with Crippen LogP contribution in [0.25, 0.3) is 5.76 Å². The molecule has 0 unspecified atom stereocenters. The van der Waals surface area contributed by atoms with E-state index >= 15 is 0 Å². The molecule has 2 aliphatic rings. The Hall–Kier alpha value is -3.68. The highest BCUT2D eigenvalue weighted by atomic mass is 35.5. The van der Waals surface area contributed by atoms with Crippen molar-refractivity contribution >= 4 is 29.1 Å². The number of amides is 1. The first-order valence-corrected chi connectivity index (χ1v) is 12.4. The minimum Gasteiger partial charge on any atom is -0.507 e. The van der Waals surface area contributed by atoms with Crippen LogP contribution in [0.15, 0.2) is 78.4 Å². The number of hydrogen-bond acceptors (Lipinski definition) is 5. The third kappa shape index (κ3) is 5.10. The Kier molecular flexibility index (Phi) is 7.26. The SMILES string of the molecule is O=C1C(=O)N(C2CCOCC2)[C@H](c2ccc(Cl)cc2)C1=C(O)c1cc(F)ccc1OCc1ccccc1. The summed E-state index contributed by atoms with van der Waals surface area (Å²) < 4.78 is 25.8. The summed E-state index contributed by atoms with van der Waals surface area (Å²) in [6.45, 7) is 1.09. The quantitative estimate of drug-likeness (QED) is 0.257. The first kappa shape index (κ1) is 25.0. The standard InChI is InChI=1S/C29H25ClFNO5/c30-20-8-6-19(7-9-20)26-25(28(34)29(35)32(26)22-12-14-36-15-13-22)27(33)23-16-21(31)10-11-24(23)37-17-18-4-2-1-3-5-18/h1-11,16,22,26,33H,12-15,17H2/t26-/m1/s1. The van der Waals surface area contributed by atoms with E-state index in [1.54, 1.807) is 24.3 Å². The molecule has 0 bridgehead atoms. The summed E-state index contributed by atoms with van der Waals surface area (Å²) in [5, 5.41) is 12.0. The average Bonchev–Trinajstić information content (AvgIpc) is 3.19. The summed E-state index contributed by atoms with van der Waals surface area (Å²) in [4.78, 5) is 28.2. The number of likely N-dealkylation sites (tertiary alicyclic amines) is 1. The molecule has 37 heavy (non-hydrogen) atoms. The minimum absolute atomic E-state index is 0.000118. The highest BCUT2D eigenvalue weighted by molar-refractivity contribution is 6.46. The van der Waals surface area contributed by atoms with E-state index in [-0.39, 0.29) is 29.5 Å². The summed E-state index contributed by atoms with van der Waals surface area (Å²) in [5.41, 5.74) is 1.37. The van der Waals surface area contributed by atoms with Gasteiger partial charge in [-0.2, -0.15) is 0 Å². The van der Waals surface area contributed by atoms with Gasteiger partial charge in [0.25, 0.3) is 11.7 Å². The number of Topliss-reactive ketones (excluding diaryl/α,β-unsaturated/α-hetero) is 1. The predicted octanol–water partition coefficient (Wildman–Crippen LogP) is 5.66. The fourth-order valence-electron chi connectivity index (χ4n) is 4.86. The summed E-state index contributed by atoms with van der Waals surface area (Å²) in [6, 6.07) is 18.7. The number of nitrogens with zero attached hydrogens (tertiary/aromatic N) is 1. The Morgan fingerprint density at radius 1 is 1.03 bits per heavy atom. The van der Waals surface area contributed by atoms with E-state index in [4.69, 9.17) is 21.1 Å². The molecule has 0 radical (unpaired) electrons. The van der Waals surface area contributed by atoms with Crippen LogP contribution in [0, 0.1) is 5.82 Å². The van der Waals surface area contributed by atoms with Crippen LogP contribution in [-0.2, 0) is 20.9 Å². The monoisotopic (exact) mass is 521 g/mol. The van der Waals surface area contributed by atoms with Gasteiger partial charge < -0.3 is 19.5 Å². The molecular weight excluding hydrogens is 497 g/mol. The Bertz CT molecular complexity index is 1340. The number of rotatable bonds is 6. The Morgan fingerprint density at radius 3 is 2.43 bits per heavy atom. The first-order valence-electron chi connectivity index (χ1n) is 12.0. The molecule has 8 heteroatoms. The van der Waals surface area contributed by atoms with Gasteiger partial charge >= 0.3 is 0 Å². The molecule has 1 N–H and O–H groups in total. The molecule has 5 rings (SSSR count). The van der Waals surface area contributed by atoms with Gasteiger partial charge in [-0.25, -0.2) is 4.39 Å². The highest BCUT2D eigenvalue weighted by Gasteiger charge is 2.49. The fraction of sp³-hybridized carbons (Fsp3) is 0.241. The smallest absolute Gasteiger partial charge is 0.295 e. The van der Waals surface area contributed by atoms with E-state index in [1.165, 1.54) is 17.0 Å². The van der Waals surface area contributed by atoms with Crippen LogP contribution in [0.5, 0.6) is 5.75 Å². The fourth-order valence-corrected chi connectivity index (χ4v) is 4.98. The van der Waals surface area contributed by atoms with Crippen molar-refractivity contribution in [2.24, 2.45) is 0 Å². The number of carbonyl (C=O) groups is 2. The Morgan fingerprint density at radius 2 is 1.73 bits per heavy atom. The number of ketones is 1. The lowest BCUT2D eigenvalue weighted by atomic mass is 9.94. The van der Waals surface area contributed by atoms with Gasteiger partial charge in [-0.15, -0.1) is 0 Å². The Labute approximate surface area is 218 Å². The maximum absolute atomic E-state index is 14.4. The minimum atomic E-state index is -0.870. The highest BCUT2D eigenvalue weighted by Crippen LogP contribution is 2.43. The lowest BCUT2D eigenvalue weighted by molar-refractivity contribution is -0.142. The summed E-state index contributed by atoms with van der Waals surface area (Å²) >= 11 is 6.10. The lowest BCUT2D eigenvalue weighted by Gasteiger charge is -2.35. The second kappa shape index (κ2) is 10.7. The van der Waals surface area contributed by atoms with Crippen LogP contribution < -0.4 is 4.74 Å². The van der Waals surface area contributed by atoms with Gasteiger partial charge in [0.1, 0.15) is 23.9 Å². The molecule has 0 aliphatic carbocycles. The van der Waals surface area contributed by atoms with Gasteiger partial charge in [-0.1, -0.05) is 54.1 Å². The molecule has 3 aromatic rings. The second-order valence-corrected chi connectivity index (χ2v) is 9.45. The molecule has 0 spiro atoms. The molecule has 1 atom stereocenters. The number of aliphatic hydroxyl groups is 1. The van der Waals surface area contributed by atoms with Crippen LogP contribution >= 0.6 is 11.6 Å². The van der Waals surface area contributed by atoms with Crippen molar-refractivity contribution in [3.63, 3.8) is 0 Å². The van der Waals surface area contributed by atoms with Crippen molar-refractivity contribution in [1.82, 2.24) is 4.90 Å². The zero-order valence-corrected chi connectivity index (χ0v) is 20.7. The van der Waals surface area contributed by atoms with Crippen molar-refractivity contribution in [3.05, 3.63) is 106 Å². The van der Waals surface area contributed by atoms with Crippen LogP contribution in [0.1, 0.15) is 35.6 Å². The number of aliphatic hydroxyl groups excluding tert-OH is 1. The predicted molar refractivity (Wildman–Crippen MR) is 137 cm³/mol. The number of halogens is 2. The molecule has 2 heterocycles. The van der Waals surface area contributed by atoms with Gasteiger partial charge in [0.05, 0.1) is 17.2 Å². The molecule has 1 amide bonds. The maximum atomic E-state index is 14.4. The van der Waals surface area contributed by atoms with E-state index in [9.17, 15) is 19.1 Å². The number of benzene rings is 3. The van der Waals surface area contributed by atoms with Crippen LogP contribution in [0.3, 0.4) is 0 Å². The van der Waals surface area contributed by atoms with Gasteiger partial charge in [0.2, 0.25) is 0 Å². The maximum Gasteiger partial charge on any atom is 0.295 e. The van der Waals surface area contributed by atoms with Gasteiger partial charge in [-0.3, -0.25) is 9.59 Å². The third-order valence-electron chi connectivity index (χ3n) is 6.68. The molecular formula is C29H25ClFNO5.